The van der Waals surface area contributed by atoms with Crippen molar-refractivity contribution in [2.24, 2.45) is 11.7 Å². The molecule has 1 rings (SSSR count). The van der Waals surface area contributed by atoms with Crippen molar-refractivity contribution in [1.82, 2.24) is 4.90 Å². The van der Waals surface area contributed by atoms with Crippen molar-refractivity contribution in [1.29, 1.82) is 0 Å². The lowest BCUT2D eigenvalue weighted by molar-refractivity contribution is -0.149. The molecule has 0 aliphatic carbocycles. The molecule has 1 fully saturated rings. The highest BCUT2D eigenvalue weighted by Gasteiger charge is 2.32. The molecule has 2 N–H and O–H groups in total. The average molecular weight is 212 g/mol. The predicted molar refractivity (Wildman–Crippen MR) is 58.0 cm³/mol. The van der Waals surface area contributed by atoms with Gasteiger partial charge in [-0.05, 0) is 18.8 Å². The SMILES string of the molecule is CCCC(C)CN1C(=O)CCC(N)C1=O. The molecule has 2 atom stereocenters. The third kappa shape index (κ3) is 3.02. The molecule has 0 bridgehead atoms. The molecule has 0 aromatic carbocycles. The summed E-state index contributed by atoms with van der Waals surface area (Å²) in [4.78, 5) is 24.5. The van der Waals surface area contributed by atoms with E-state index < -0.39 is 6.04 Å². The molecule has 0 aromatic rings. The molecule has 1 heterocycles. The Morgan fingerprint density at radius 2 is 2.20 bits per heavy atom. The second-order valence-electron chi connectivity index (χ2n) is 4.38. The monoisotopic (exact) mass is 212 g/mol. The number of amides is 2. The number of nitrogens with zero attached hydrogens (tertiary/aromatic N) is 1. The maximum atomic E-state index is 11.7. The zero-order chi connectivity index (χ0) is 11.4. The number of piperidine rings is 1. The predicted octanol–water partition coefficient (Wildman–Crippen LogP) is 0.899. The summed E-state index contributed by atoms with van der Waals surface area (Å²) >= 11 is 0. The van der Waals surface area contributed by atoms with Gasteiger partial charge in [0, 0.05) is 13.0 Å². The minimum absolute atomic E-state index is 0.0651. The van der Waals surface area contributed by atoms with Gasteiger partial charge in [-0.1, -0.05) is 20.3 Å². The highest BCUT2D eigenvalue weighted by atomic mass is 16.2. The molecule has 1 aliphatic heterocycles. The molecule has 15 heavy (non-hydrogen) atoms. The van der Waals surface area contributed by atoms with Gasteiger partial charge in [0.2, 0.25) is 11.8 Å². The summed E-state index contributed by atoms with van der Waals surface area (Å²) in [6.07, 6.45) is 3.01. The van der Waals surface area contributed by atoms with E-state index in [2.05, 4.69) is 13.8 Å². The van der Waals surface area contributed by atoms with Crippen LogP contribution in [0.5, 0.6) is 0 Å². The summed E-state index contributed by atoms with van der Waals surface area (Å²) in [5.41, 5.74) is 5.64. The van der Waals surface area contributed by atoms with Gasteiger partial charge in [0.05, 0.1) is 6.04 Å². The van der Waals surface area contributed by atoms with E-state index >= 15 is 0 Å². The topological polar surface area (TPSA) is 63.4 Å². The van der Waals surface area contributed by atoms with Crippen LogP contribution in [0.15, 0.2) is 0 Å². The standard InChI is InChI=1S/C11H20N2O2/c1-3-4-8(2)7-13-10(14)6-5-9(12)11(13)15/h8-9H,3-7,12H2,1-2H3. The molecular formula is C11H20N2O2. The van der Waals surface area contributed by atoms with E-state index in [9.17, 15) is 9.59 Å². The molecule has 4 nitrogen and oxygen atoms in total. The van der Waals surface area contributed by atoms with E-state index in [4.69, 9.17) is 5.73 Å². The Labute approximate surface area is 90.8 Å². The molecular weight excluding hydrogens is 192 g/mol. The number of carbonyl (C=O) groups excluding carboxylic acids is 2. The third-order valence-corrected chi connectivity index (χ3v) is 2.83. The van der Waals surface area contributed by atoms with Gasteiger partial charge < -0.3 is 5.73 Å². The molecule has 86 valence electrons. The average Bonchev–Trinajstić information content (AvgIpc) is 2.19. The van der Waals surface area contributed by atoms with E-state index in [1.807, 2.05) is 0 Å². The summed E-state index contributed by atoms with van der Waals surface area (Å²) in [7, 11) is 0. The lowest BCUT2D eigenvalue weighted by atomic mass is 10.0. The number of carbonyl (C=O) groups is 2. The van der Waals surface area contributed by atoms with Crippen LogP contribution in [0.2, 0.25) is 0 Å². The Bertz CT molecular complexity index is 253. The van der Waals surface area contributed by atoms with Crippen molar-refractivity contribution in [3.8, 4) is 0 Å². The lowest BCUT2D eigenvalue weighted by Crippen LogP contribution is -2.52. The summed E-state index contributed by atoms with van der Waals surface area (Å²) in [5.74, 6) is 0.104. The molecule has 0 radical (unpaired) electrons. The molecule has 1 aliphatic rings. The zero-order valence-electron chi connectivity index (χ0n) is 9.53. The molecule has 1 saturated heterocycles. The quantitative estimate of drug-likeness (QED) is 0.704. The fourth-order valence-electron chi connectivity index (χ4n) is 1.95. The van der Waals surface area contributed by atoms with Crippen LogP contribution in [0.3, 0.4) is 0 Å². The van der Waals surface area contributed by atoms with Crippen LogP contribution in [0.1, 0.15) is 39.5 Å². The highest BCUT2D eigenvalue weighted by molar-refractivity contribution is 6.00. The van der Waals surface area contributed by atoms with Crippen LogP contribution in [0.4, 0.5) is 0 Å². The fraction of sp³-hybridized carbons (Fsp3) is 0.818. The van der Waals surface area contributed by atoms with Crippen LogP contribution in [-0.4, -0.2) is 29.3 Å². The zero-order valence-corrected chi connectivity index (χ0v) is 9.53. The van der Waals surface area contributed by atoms with Gasteiger partial charge in [0.1, 0.15) is 0 Å². The molecule has 0 saturated carbocycles. The Morgan fingerprint density at radius 1 is 1.53 bits per heavy atom. The van der Waals surface area contributed by atoms with Crippen LogP contribution < -0.4 is 5.73 Å². The lowest BCUT2D eigenvalue weighted by Gasteiger charge is -2.30. The fourth-order valence-corrected chi connectivity index (χ4v) is 1.95. The maximum absolute atomic E-state index is 11.7. The molecule has 2 unspecified atom stereocenters. The van der Waals surface area contributed by atoms with Gasteiger partial charge in [-0.15, -0.1) is 0 Å². The minimum Gasteiger partial charge on any atom is -0.320 e. The second-order valence-corrected chi connectivity index (χ2v) is 4.38. The van der Waals surface area contributed by atoms with Gasteiger partial charge in [-0.25, -0.2) is 0 Å². The van der Waals surface area contributed by atoms with Crippen molar-refractivity contribution in [2.45, 2.75) is 45.6 Å². The molecule has 0 aromatic heterocycles. The van der Waals surface area contributed by atoms with Gasteiger partial charge >= 0.3 is 0 Å². The second kappa shape index (κ2) is 5.26. The first kappa shape index (κ1) is 12.2. The van der Waals surface area contributed by atoms with Crippen molar-refractivity contribution in [2.75, 3.05) is 6.54 Å². The van der Waals surface area contributed by atoms with E-state index in [1.54, 1.807) is 0 Å². The molecule has 4 heteroatoms. The Morgan fingerprint density at radius 3 is 2.80 bits per heavy atom. The van der Waals surface area contributed by atoms with Crippen LogP contribution in [0.25, 0.3) is 0 Å². The van der Waals surface area contributed by atoms with E-state index in [0.29, 0.717) is 25.3 Å². The molecule has 2 amide bonds. The van der Waals surface area contributed by atoms with Crippen LogP contribution in [0, 0.1) is 5.92 Å². The van der Waals surface area contributed by atoms with E-state index in [1.165, 1.54) is 4.90 Å². The Kier molecular flexibility index (Phi) is 4.27. The first-order valence-electron chi connectivity index (χ1n) is 5.66. The Balaban J connectivity index is 2.57. The number of nitrogens with two attached hydrogens (primary N) is 1. The van der Waals surface area contributed by atoms with Gasteiger partial charge in [-0.3, -0.25) is 14.5 Å². The normalized spacial score (nSPS) is 24.5. The van der Waals surface area contributed by atoms with Crippen molar-refractivity contribution in [3.63, 3.8) is 0 Å². The maximum Gasteiger partial charge on any atom is 0.246 e. The minimum atomic E-state index is -0.475. The number of rotatable bonds is 4. The van der Waals surface area contributed by atoms with Gasteiger partial charge in [0.15, 0.2) is 0 Å². The number of likely N-dealkylation sites (tertiary alicyclic amines) is 1. The number of imide groups is 1. The third-order valence-electron chi connectivity index (χ3n) is 2.83. The van der Waals surface area contributed by atoms with E-state index in [-0.39, 0.29) is 11.8 Å². The van der Waals surface area contributed by atoms with Gasteiger partial charge in [0.25, 0.3) is 0 Å². The molecule has 0 spiro atoms. The van der Waals surface area contributed by atoms with E-state index in [0.717, 1.165) is 12.8 Å². The van der Waals surface area contributed by atoms with Crippen molar-refractivity contribution in [3.05, 3.63) is 0 Å². The Hall–Kier alpha value is -0.900. The summed E-state index contributed by atoms with van der Waals surface area (Å²) in [6.45, 7) is 4.69. The summed E-state index contributed by atoms with van der Waals surface area (Å²) in [5, 5.41) is 0. The highest BCUT2D eigenvalue weighted by Crippen LogP contribution is 2.15. The van der Waals surface area contributed by atoms with Crippen molar-refractivity contribution < 1.29 is 9.59 Å². The number of hydrogen-bond donors (Lipinski definition) is 1. The summed E-state index contributed by atoms with van der Waals surface area (Å²) in [6, 6.07) is -0.475. The first-order chi connectivity index (χ1) is 7.06. The van der Waals surface area contributed by atoms with Gasteiger partial charge in [-0.2, -0.15) is 0 Å². The van der Waals surface area contributed by atoms with Crippen LogP contribution in [-0.2, 0) is 9.59 Å². The summed E-state index contributed by atoms with van der Waals surface area (Å²) < 4.78 is 0. The van der Waals surface area contributed by atoms with Crippen molar-refractivity contribution >= 4 is 11.8 Å². The smallest absolute Gasteiger partial charge is 0.246 e. The first-order valence-corrected chi connectivity index (χ1v) is 5.66. The number of hydrogen-bond acceptors (Lipinski definition) is 3. The van der Waals surface area contributed by atoms with Crippen LogP contribution >= 0.6 is 0 Å². The largest absolute Gasteiger partial charge is 0.320 e.